The first-order valence-electron chi connectivity index (χ1n) is 10.2. The van der Waals surface area contributed by atoms with E-state index in [0.29, 0.717) is 17.2 Å². The lowest BCUT2D eigenvalue weighted by atomic mass is 10.1. The van der Waals surface area contributed by atoms with Crippen LogP contribution in [0, 0.1) is 0 Å². The van der Waals surface area contributed by atoms with Crippen LogP contribution in [0.1, 0.15) is 12.8 Å². The number of ether oxygens (including phenoxy) is 5. The second kappa shape index (κ2) is 9.16. The normalized spacial score (nSPS) is 14.4. The molecule has 0 aliphatic carbocycles. The number of benzene rings is 2. The van der Waals surface area contributed by atoms with Crippen LogP contribution in [0.5, 0.6) is 28.7 Å². The molecule has 0 spiro atoms. The van der Waals surface area contributed by atoms with Gasteiger partial charge in [-0.3, -0.25) is 0 Å². The van der Waals surface area contributed by atoms with Crippen molar-refractivity contribution in [1.82, 2.24) is 10.2 Å². The molecule has 0 atom stereocenters. The highest BCUT2D eigenvalue weighted by atomic mass is 16.5. The van der Waals surface area contributed by atoms with E-state index in [2.05, 4.69) is 15.1 Å². The van der Waals surface area contributed by atoms with E-state index >= 15 is 0 Å². The van der Waals surface area contributed by atoms with Crippen molar-refractivity contribution in [1.29, 1.82) is 0 Å². The Bertz CT molecular complexity index is 1030. The molecule has 1 aliphatic rings. The summed E-state index contributed by atoms with van der Waals surface area (Å²) >= 11 is 0. The fraction of sp³-hybridized carbons (Fsp3) is 0.391. The molecular formula is C23H27N3O5. The van der Waals surface area contributed by atoms with Gasteiger partial charge in [-0.25, -0.2) is 0 Å². The van der Waals surface area contributed by atoms with Crippen molar-refractivity contribution in [2.45, 2.75) is 18.9 Å². The number of fused-ring (bicyclic) bond motifs is 1. The fourth-order valence-corrected chi connectivity index (χ4v) is 3.95. The van der Waals surface area contributed by atoms with Gasteiger partial charge in [0.1, 0.15) is 17.6 Å². The summed E-state index contributed by atoms with van der Waals surface area (Å²) in [6, 6.07) is 9.62. The Hall–Kier alpha value is -3.42. The number of piperidine rings is 1. The highest BCUT2D eigenvalue weighted by molar-refractivity contribution is 5.99. The molecular weight excluding hydrogens is 398 g/mol. The van der Waals surface area contributed by atoms with Gasteiger partial charge >= 0.3 is 0 Å². The van der Waals surface area contributed by atoms with Crippen molar-refractivity contribution in [2.24, 2.45) is 0 Å². The molecule has 31 heavy (non-hydrogen) atoms. The molecule has 1 fully saturated rings. The van der Waals surface area contributed by atoms with Gasteiger partial charge in [0, 0.05) is 31.3 Å². The van der Waals surface area contributed by atoms with Crippen LogP contribution in [-0.2, 0) is 0 Å². The van der Waals surface area contributed by atoms with Crippen LogP contribution in [0.15, 0.2) is 36.5 Å². The van der Waals surface area contributed by atoms with E-state index in [9.17, 15) is 0 Å². The first-order valence-corrected chi connectivity index (χ1v) is 10.2. The molecule has 0 N–H and O–H groups in total. The van der Waals surface area contributed by atoms with E-state index in [0.717, 1.165) is 54.0 Å². The van der Waals surface area contributed by atoms with Crippen molar-refractivity contribution in [3.8, 4) is 28.7 Å². The third kappa shape index (κ3) is 4.10. The second-order valence-corrected chi connectivity index (χ2v) is 7.25. The van der Waals surface area contributed by atoms with Crippen molar-refractivity contribution in [2.75, 3.05) is 46.4 Å². The number of aromatic nitrogens is 2. The van der Waals surface area contributed by atoms with Gasteiger partial charge in [-0.05, 0) is 30.3 Å². The molecule has 0 bridgehead atoms. The average Bonchev–Trinajstić information content (AvgIpc) is 2.83. The monoisotopic (exact) mass is 425 g/mol. The minimum Gasteiger partial charge on any atom is -0.497 e. The first-order chi connectivity index (χ1) is 15.2. The number of hydrogen-bond donors (Lipinski definition) is 0. The zero-order chi connectivity index (χ0) is 21.8. The van der Waals surface area contributed by atoms with E-state index in [1.54, 1.807) is 34.6 Å². The molecule has 0 unspecified atom stereocenters. The molecule has 0 saturated carbocycles. The maximum Gasteiger partial charge on any atom is 0.204 e. The standard InChI is InChI=1S/C23H27N3O5/c1-27-15-5-7-16(8-6-15)31-17-9-11-26(12-10-17)23-18-13-20(28-2)22(30-4)21(29-3)19(18)14-24-25-23/h5-8,13-14,17H,9-12H2,1-4H3. The van der Waals surface area contributed by atoms with Crippen LogP contribution in [0.4, 0.5) is 5.82 Å². The molecule has 1 saturated heterocycles. The van der Waals surface area contributed by atoms with Gasteiger partial charge in [0.15, 0.2) is 17.3 Å². The summed E-state index contributed by atoms with van der Waals surface area (Å²) in [7, 11) is 6.47. The number of rotatable bonds is 7. The minimum absolute atomic E-state index is 0.150. The summed E-state index contributed by atoms with van der Waals surface area (Å²) in [5.74, 6) is 4.21. The molecule has 164 valence electrons. The third-order valence-electron chi connectivity index (χ3n) is 5.55. The molecule has 3 aromatic rings. The van der Waals surface area contributed by atoms with E-state index in [1.807, 2.05) is 30.3 Å². The zero-order valence-corrected chi connectivity index (χ0v) is 18.3. The molecule has 1 aromatic heterocycles. The molecule has 1 aliphatic heterocycles. The van der Waals surface area contributed by atoms with E-state index < -0.39 is 0 Å². The summed E-state index contributed by atoms with van der Waals surface area (Å²) in [5, 5.41) is 10.4. The van der Waals surface area contributed by atoms with Gasteiger partial charge in [-0.15, -0.1) is 5.10 Å². The topological polar surface area (TPSA) is 75.2 Å². The zero-order valence-electron chi connectivity index (χ0n) is 18.3. The number of nitrogens with zero attached hydrogens (tertiary/aromatic N) is 3. The van der Waals surface area contributed by atoms with Crippen molar-refractivity contribution in [3.63, 3.8) is 0 Å². The first kappa shape index (κ1) is 20.8. The van der Waals surface area contributed by atoms with E-state index in [4.69, 9.17) is 23.7 Å². The Labute approximate surface area is 181 Å². The van der Waals surface area contributed by atoms with Crippen LogP contribution < -0.4 is 28.6 Å². The maximum absolute atomic E-state index is 6.15. The summed E-state index contributed by atoms with van der Waals surface area (Å²) in [4.78, 5) is 2.23. The van der Waals surface area contributed by atoms with Crippen LogP contribution in [0.25, 0.3) is 10.8 Å². The quantitative estimate of drug-likeness (QED) is 0.567. The smallest absolute Gasteiger partial charge is 0.204 e. The lowest BCUT2D eigenvalue weighted by Gasteiger charge is -2.33. The highest BCUT2D eigenvalue weighted by Gasteiger charge is 2.25. The van der Waals surface area contributed by atoms with Gasteiger partial charge in [-0.1, -0.05) is 0 Å². The van der Waals surface area contributed by atoms with Gasteiger partial charge in [0.2, 0.25) is 5.75 Å². The summed E-state index contributed by atoms with van der Waals surface area (Å²) in [5.41, 5.74) is 0. The van der Waals surface area contributed by atoms with Crippen LogP contribution >= 0.6 is 0 Å². The Balaban J connectivity index is 1.54. The molecule has 2 aromatic carbocycles. The second-order valence-electron chi connectivity index (χ2n) is 7.25. The molecule has 0 amide bonds. The Morgan fingerprint density at radius 1 is 0.806 bits per heavy atom. The van der Waals surface area contributed by atoms with Gasteiger partial charge in [-0.2, -0.15) is 5.10 Å². The summed E-state index contributed by atoms with van der Waals surface area (Å²) in [6.07, 6.45) is 3.61. The minimum atomic E-state index is 0.150. The summed E-state index contributed by atoms with van der Waals surface area (Å²) in [6.45, 7) is 1.62. The maximum atomic E-state index is 6.15. The molecule has 2 heterocycles. The molecule has 4 rings (SSSR count). The van der Waals surface area contributed by atoms with Crippen LogP contribution in [0.3, 0.4) is 0 Å². The van der Waals surface area contributed by atoms with Crippen LogP contribution in [-0.4, -0.2) is 57.8 Å². The molecule has 8 nitrogen and oxygen atoms in total. The highest BCUT2D eigenvalue weighted by Crippen LogP contribution is 2.45. The number of hydrogen-bond acceptors (Lipinski definition) is 8. The molecule has 0 radical (unpaired) electrons. The Morgan fingerprint density at radius 2 is 1.48 bits per heavy atom. The fourth-order valence-electron chi connectivity index (χ4n) is 3.95. The van der Waals surface area contributed by atoms with E-state index in [1.165, 1.54) is 0 Å². The van der Waals surface area contributed by atoms with Gasteiger partial charge in [0.25, 0.3) is 0 Å². The van der Waals surface area contributed by atoms with Crippen molar-refractivity contribution >= 4 is 16.6 Å². The van der Waals surface area contributed by atoms with Crippen molar-refractivity contribution in [3.05, 3.63) is 36.5 Å². The third-order valence-corrected chi connectivity index (χ3v) is 5.55. The number of methoxy groups -OCH3 is 4. The van der Waals surface area contributed by atoms with Gasteiger partial charge < -0.3 is 28.6 Å². The van der Waals surface area contributed by atoms with Gasteiger partial charge in [0.05, 0.1) is 40.0 Å². The largest absolute Gasteiger partial charge is 0.497 e. The lowest BCUT2D eigenvalue weighted by Crippen LogP contribution is -2.38. The summed E-state index contributed by atoms with van der Waals surface area (Å²) < 4.78 is 28.0. The van der Waals surface area contributed by atoms with E-state index in [-0.39, 0.29) is 6.10 Å². The van der Waals surface area contributed by atoms with Crippen LogP contribution in [0.2, 0.25) is 0 Å². The van der Waals surface area contributed by atoms with Crippen molar-refractivity contribution < 1.29 is 23.7 Å². The Kier molecular flexibility index (Phi) is 6.16. The lowest BCUT2D eigenvalue weighted by molar-refractivity contribution is 0.170. The SMILES string of the molecule is COc1ccc(OC2CCN(c3nncc4c(OC)c(OC)c(OC)cc34)CC2)cc1. The predicted molar refractivity (Wildman–Crippen MR) is 118 cm³/mol. The molecule has 8 heteroatoms. The number of anilines is 1. The predicted octanol–water partition coefficient (Wildman–Crippen LogP) is 3.71. The Morgan fingerprint density at radius 3 is 2.10 bits per heavy atom. The average molecular weight is 425 g/mol.